The summed E-state index contributed by atoms with van der Waals surface area (Å²) in [4.78, 5) is 72.8. The Balaban J connectivity index is 5.34. The van der Waals surface area contributed by atoms with Gasteiger partial charge in [-0.3, -0.25) is 37.3 Å². The normalized spacial score (nSPS) is 14.3. The molecule has 0 bridgehead atoms. The van der Waals surface area contributed by atoms with E-state index < -0.39 is 97.5 Å². The number of hydrogen-bond acceptors (Lipinski definition) is 15. The molecular formula is C77H140O17P2. The molecule has 0 spiro atoms. The summed E-state index contributed by atoms with van der Waals surface area (Å²) in [6.07, 6.45) is 67.7. The van der Waals surface area contributed by atoms with Crippen LogP contribution in [0.5, 0.6) is 0 Å². The van der Waals surface area contributed by atoms with E-state index in [2.05, 4.69) is 88.5 Å². The van der Waals surface area contributed by atoms with Gasteiger partial charge in [0, 0.05) is 25.7 Å². The average molecular weight is 1400 g/mol. The van der Waals surface area contributed by atoms with Crippen LogP contribution >= 0.6 is 15.6 Å². The smallest absolute Gasteiger partial charge is 0.462 e. The molecule has 0 amide bonds. The molecule has 0 aromatic rings. The Morgan fingerprint density at radius 1 is 0.292 bits per heavy atom. The van der Waals surface area contributed by atoms with Gasteiger partial charge in [-0.25, -0.2) is 9.13 Å². The molecule has 0 saturated heterocycles. The lowest BCUT2D eigenvalue weighted by atomic mass is 10.1. The molecule has 0 radical (unpaired) electrons. The number of hydrogen-bond donors (Lipinski definition) is 3. The Morgan fingerprint density at radius 3 is 0.812 bits per heavy atom. The molecular weight excluding hydrogens is 1260 g/mol. The number of phosphoric acid groups is 2. The summed E-state index contributed by atoms with van der Waals surface area (Å²) in [5, 5.41) is 10.6. The highest BCUT2D eigenvalue weighted by Gasteiger charge is 2.30. The zero-order valence-electron chi connectivity index (χ0n) is 61.1. The van der Waals surface area contributed by atoms with Crippen LogP contribution in [0.2, 0.25) is 0 Å². The summed E-state index contributed by atoms with van der Waals surface area (Å²) >= 11 is 0. The first-order chi connectivity index (χ1) is 46.7. The molecule has 3 N–H and O–H groups in total. The van der Waals surface area contributed by atoms with E-state index in [0.29, 0.717) is 25.7 Å². The van der Waals surface area contributed by atoms with Crippen molar-refractivity contribution in [1.82, 2.24) is 0 Å². The second-order valence-corrected chi connectivity index (χ2v) is 28.8. The number of unbranched alkanes of at least 4 members (excludes halogenated alkanes) is 37. The fourth-order valence-electron chi connectivity index (χ4n) is 10.5. The molecule has 0 heterocycles. The van der Waals surface area contributed by atoms with E-state index in [4.69, 9.17) is 37.0 Å². The monoisotopic (exact) mass is 1400 g/mol. The van der Waals surface area contributed by atoms with Gasteiger partial charge >= 0.3 is 39.5 Å². The molecule has 560 valence electrons. The third kappa shape index (κ3) is 69.2. The lowest BCUT2D eigenvalue weighted by molar-refractivity contribution is -0.161. The van der Waals surface area contributed by atoms with Crippen LogP contribution in [0.3, 0.4) is 0 Å². The molecule has 0 aliphatic rings. The van der Waals surface area contributed by atoms with Gasteiger partial charge in [0.25, 0.3) is 0 Å². The summed E-state index contributed by atoms with van der Waals surface area (Å²) in [6.45, 7) is 4.81. The van der Waals surface area contributed by atoms with E-state index in [1.807, 2.05) is 0 Å². The molecule has 96 heavy (non-hydrogen) atoms. The van der Waals surface area contributed by atoms with Gasteiger partial charge in [-0.2, -0.15) is 0 Å². The van der Waals surface area contributed by atoms with Gasteiger partial charge in [-0.15, -0.1) is 0 Å². The maximum atomic E-state index is 13.1. The number of esters is 4. The lowest BCUT2D eigenvalue weighted by Crippen LogP contribution is -2.30. The number of allylic oxidation sites excluding steroid dienone is 10. The van der Waals surface area contributed by atoms with Crippen LogP contribution in [0.25, 0.3) is 0 Å². The zero-order valence-corrected chi connectivity index (χ0v) is 62.8. The van der Waals surface area contributed by atoms with Gasteiger partial charge in [0.05, 0.1) is 26.4 Å². The highest BCUT2D eigenvalue weighted by molar-refractivity contribution is 7.47. The van der Waals surface area contributed by atoms with Crippen molar-refractivity contribution in [3.8, 4) is 0 Å². The van der Waals surface area contributed by atoms with Crippen LogP contribution < -0.4 is 0 Å². The van der Waals surface area contributed by atoms with E-state index in [1.54, 1.807) is 0 Å². The Labute approximate surface area is 584 Å². The topological polar surface area (TPSA) is 237 Å². The average Bonchev–Trinajstić information content (AvgIpc) is 1.36. The minimum atomic E-state index is -4.97. The second kappa shape index (κ2) is 70.2. The Bertz CT molecular complexity index is 2060. The molecule has 19 heteroatoms. The van der Waals surface area contributed by atoms with E-state index in [-0.39, 0.29) is 25.7 Å². The van der Waals surface area contributed by atoms with Gasteiger partial charge in [0.1, 0.15) is 19.3 Å². The molecule has 0 aliphatic heterocycles. The number of phosphoric ester groups is 2. The number of ether oxygens (including phenoxy) is 4. The lowest BCUT2D eigenvalue weighted by Gasteiger charge is -2.21. The molecule has 0 saturated carbocycles. The van der Waals surface area contributed by atoms with Gasteiger partial charge in [0.2, 0.25) is 0 Å². The van der Waals surface area contributed by atoms with Crippen LogP contribution in [0.4, 0.5) is 0 Å². The fourth-order valence-corrected chi connectivity index (χ4v) is 12.0. The number of carbonyl (C=O) groups is 4. The summed E-state index contributed by atoms with van der Waals surface area (Å²) in [5.41, 5.74) is 0. The first kappa shape index (κ1) is 92.8. The molecule has 0 fully saturated rings. The summed E-state index contributed by atoms with van der Waals surface area (Å²) in [5.74, 6) is -2.19. The quantitative estimate of drug-likeness (QED) is 0.0169. The van der Waals surface area contributed by atoms with Gasteiger partial charge in [-0.05, 0) is 135 Å². The molecule has 0 rings (SSSR count). The largest absolute Gasteiger partial charge is 0.472 e. The summed E-state index contributed by atoms with van der Waals surface area (Å²) in [7, 11) is -9.94. The van der Waals surface area contributed by atoms with Crippen molar-refractivity contribution in [2.45, 2.75) is 367 Å². The van der Waals surface area contributed by atoms with Crippen molar-refractivity contribution < 1.29 is 80.2 Å². The molecule has 0 aromatic heterocycles. The molecule has 0 aliphatic carbocycles. The Kier molecular flexibility index (Phi) is 67.8. The van der Waals surface area contributed by atoms with Crippen LogP contribution in [0, 0.1) is 0 Å². The number of aliphatic hydroxyl groups excluding tert-OH is 1. The first-order valence-corrected chi connectivity index (χ1v) is 41.5. The predicted molar refractivity (Wildman–Crippen MR) is 390 cm³/mol. The highest BCUT2D eigenvalue weighted by Crippen LogP contribution is 2.45. The molecule has 5 atom stereocenters. The molecule has 0 aromatic carbocycles. The highest BCUT2D eigenvalue weighted by atomic mass is 31.2. The minimum Gasteiger partial charge on any atom is -0.462 e. The minimum absolute atomic E-state index is 0.0854. The summed E-state index contributed by atoms with van der Waals surface area (Å²) in [6, 6.07) is 0. The maximum Gasteiger partial charge on any atom is 0.472 e. The molecule has 5 unspecified atom stereocenters. The SMILES string of the molecule is CCCCC/C=C\C/C=C\CCCCCCCC(=O)OCC(COP(=O)(O)OCC(O)COP(=O)(O)OCC(COC(=O)CCCCCCC/C=C\CCCCCC)OC(=O)CCCCCCC/C=C\CCCCCC)OC(=O)CCCCCCC/C=C\CCCCCCCC. The van der Waals surface area contributed by atoms with Crippen LogP contribution in [-0.4, -0.2) is 96.7 Å². The van der Waals surface area contributed by atoms with Crippen molar-refractivity contribution in [2.24, 2.45) is 0 Å². The maximum absolute atomic E-state index is 13.1. The van der Waals surface area contributed by atoms with E-state index >= 15 is 0 Å². The number of carbonyl (C=O) groups excluding carboxylic acids is 4. The van der Waals surface area contributed by atoms with E-state index in [0.717, 1.165) is 161 Å². The zero-order chi connectivity index (χ0) is 70.4. The van der Waals surface area contributed by atoms with Crippen LogP contribution in [0.1, 0.15) is 349 Å². The number of aliphatic hydroxyl groups is 1. The van der Waals surface area contributed by atoms with Crippen molar-refractivity contribution in [2.75, 3.05) is 39.6 Å². The first-order valence-electron chi connectivity index (χ1n) is 38.5. The van der Waals surface area contributed by atoms with Crippen LogP contribution in [0.15, 0.2) is 60.8 Å². The van der Waals surface area contributed by atoms with Crippen molar-refractivity contribution in [3.63, 3.8) is 0 Å². The summed E-state index contributed by atoms with van der Waals surface area (Å²) < 4.78 is 68.4. The predicted octanol–water partition coefficient (Wildman–Crippen LogP) is 21.9. The third-order valence-electron chi connectivity index (χ3n) is 16.4. The number of rotatable bonds is 73. The van der Waals surface area contributed by atoms with Crippen molar-refractivity contribution >= 4 is 39.5 Å². The van der Waals surface area contributed by atoms with Gasteiger partial charge in [-0.1, -0.05) is 249 Å². The third-order valence-corrected chi connectivity index (χ3v) is 18.3. The fraction of sp³-hybridized carbons (Fsp3) is 0.818. The standard InChI is InChI=1S/C77H140O17P2/c1-5-9-13-17-21-25-29-33-35-39-42-46-50-54-58-62-75(80)88-68-73(94-77(82)64-60-56-52-48-44-40-36-34-30-26-22-18-14-10-6-2)70-92-96(85,86)90-66-71(78)65-89-95(83,84)91-69-72(93-76(81)63-59-55-51-47-43-38-32-28-24-20-16-12-8-4)67-87-74(79)61-57-53-49-45-41-37-31-27-23-19-15-11-7-3/h21,25,27-28,31-36,71-73,78H,5-20,22-24,26,29-30,37-70H2,1-4H3,(H,83,84)(H,85,86)/b25-21-,31-27-,32-28-,35-33-,36-34-. The van der Waals surface area contributed by atoms with Gasteiger partial charge < -0.3 is 33.8 Å². The molecule has 17 nitrogen and oxygen atoms in total. The van der Waals surface area contributed by atoms with E-state index in [9.17, 15) is 43.2 Å². The van der Waals surface area contributed by atoms with Crippen LogP contribution in [-0.2, 0) is 65.4 Å². The van der Waals surface area contributed by atoms with Gasteiger partial charge in [0.15, 0.2) is 12.2 Å². The Morgan fingerprint density at radius 2 is 0.510 bits per heavy atom. The van der Waals surface area contributed by atoms with E-state index in [1.165, 1.54) is 109 Å². The van der Waals surface area contributed by atoms with Crippen molar-refractivity contribution in [3.05, 3.63) is 60.8 Å². The van der Waals surface area contributed by atoms with Crippen molar-refractivity contribution in [1.29, 1.82) is 0 Å². The second-order valence-electron chi connectivity index (χ2n) is 25.9. The Hall–Kier alpha value is -3.24.